The molecule has 0 spiro atoms. The third kappa shape index (κ3) is 10.8. The molecule has 9 nitrogen and oxygen atoms in total. The highest BCUT2D eigenvalue weighted by Gasteiger charge is 2.32. The van der Waals surface area contributed by atoms with Gasteiger partial charge >= 0.3 is 18.2 Å². The molecule has 1 aromatic carbocycles. The molecular formula is C32H42F3N3O6. The van der Waals surface area contributed by atoms with Crippen molar-refractivity contribution in [3.05, 3.63) is 35.4 Å². The molecule has 12 heteroatoms. The summed E-state index contributed by atoms with van der Waals surface area (Å²) in [6.07, 6.45) is 4.66. The first kappa shape index (κ1) is 34.7. The van der Waals surface area contributed by atoms with Gasteiger partial charge in [-0.1, -0.05) is 18.1 Å². The van der Waals surface area contributed by atoms with E-state index in [0.717, 1.165) is 25.0 Å². The number of carbonyl (C=O) groups is 4. The zero-order valence-corrected chi connectivity index (χ0v) is 25.6. The summed E-state index contributed by atoms with van der Waals surface area (Å²) < 4.78 is 48.8. The van der Waals surface area contributed by atoms with Crippen molar-refractivity contribution in [1.82, 2.24) is 15.1 Å². The normalized spacial score (nSPS) is 18.6. The SMILES string of the molecule is C#C[C@@H](CNC(=O)[C@@H]1CCCN(C(=O)CCC2CCN(C(=O)OC(C)(C)C)CC2)C1)C(=O)OCc1ccc(C(F)(F)F)cc1. The third-order valence-electron chi connectivity index (χ3n) is 7.81. The molecule has 44 heavy (non-hydrogen) atoms. The second kappa shape index (κ2) is 15.3. The summed E-state index contributed by atoms with van der Waals surface area (Å²) in [5, 5.41) is 2.69. The topological polar surface area (TPSA) is 105 Å². The van der Waals surface area contributed by atoms with Crippen molar-refractivity contribution >= 4 is 23.9 Å². The monoisotopic (exact) mass is 621 g/mol. The Balaban J connectivity index is 1.38. The number of carbonyl (C=O) groups excluding carboxylic acids is 4. The summed E-state index contributed by atoms with van der Waals surface area (Å²) in [6, 6.07) is 4.23. The number of likely N-dealkylation sites (tertiary alicyclic amines) is 2. The van der Waals surface area contributed by atoms with Gasteiger partial charge < -0.3 is 24.6 Å². The number of ether oxygens (including phenoxy) is 2. The van der Waals surface area contributed by atoms with Gasteiger partial charge in [-0.05, 0) is 76.5 Å². The zero-order valence-electron chi connectivity index (χ0n) is 25.6. The van der Waals surface area contributed by atoms with E-state index in [-0.39, 0.29) is 37.6 Å². The molecule has 0 unspecified atom stereocenters. The van der Waals surface area contributed by atoms with Crippen LogP contribution in [0.1, 0.15) is 70.4 Å². The molecule has 3 rings (SSSR count). The number of esters is 1. The number of hydrogen-bond donors (Lipinski definition) is 1. The van der Waals surface area contributed by atoms with Crippen LogP contribution in [0.3, 0.4) is 0 Å². The molecule has 0 aromatic heterocycles. The first-order chi connectivity index (χ1) is 20.7. The van der Waals surface area contributed by atoms with Gasteiger partial charge in [-0.2, -0.15) is 13.2 Å². The molecule has 2 atom stereocenters. The standard InChI is InChI=1S/C32H42F3N3O6/c1-5-24(29(41)43-21-23-8-11-26(12-9-23)32(33,34)35)19-36-28(40)25-7-6-16-38(20-25)27(39)13-10-22-14-17-37(18-15-22)30(42)44-31(2,3)4/h1,8-9,11-12,22,24-25H,6-7,10,13-21H2,2-4H3,(H,36,40)/t24-,25+/m0/s1. The number of piperidine rings is 2. The number of benzene rings is 1. The predicted octanol–water partition coefficient (Wildman–Crippen LogP) is 4.78. The Morgan fingerprint density at radius 3 is 2.27 bits per heavy atom. The molecule has 0 bridgehead atoms. The number of terminal acetylenes is 1. The van der Waals surface area contributed by atoms with Crippen LogP contribution in [-0.4, -0.2) is 72.0 Å². The number of amides is 3. The molecule has 242 valence electrons. The molecule has 1 aromatic rings. The minimum Gasteiger partial charge on any atom is -0.460 e. The summed E-state index contributed by atoms with van der Waals surface area (Å²) in [5.74, 6) is 0.0167. The Bertz CT molecular complexity index is 1200. The van der Waals surface area contributed by atoms with Gasteiger partial charge in [-0.25, -0.2) is 4.79 Å². The summed E-state index contributed by atoms with van der Waals surface area (Å²) in [7, 11) is 0. The van der Waals surface area contributed by atoms with Crippen LogP contribution in [0.25, 0.3) is 0 Å². The fourth-order valence-corrected chi connectivity index (χ4v) is 5.24. The quantitative estimate of drug-likeness (QED) is 0.315. The molecular weight excluding hydrogens is 579 g/mol. The Labute approximate surface area is 256 Å². The molecule has 2 fully saturated rings. The van der Waals surface area contributed by atoms with Gasteiger partial charge in [0.1, 0.15) is 18.1 Å². The van der Waals surface area contributed by atoms with Crippen LogP contribution in [0, 0.1) is 30.1 Å². The molecule has 1 N–H and O–H groups in total. The molecule has 2 heterocycles. The van der Waals surface area contributed by atoms with Crippen LogP contribution < -0.4 is 5.32 Å². The molecule has 2 aliphatic heterocycles. The Morgan fingerprint density at radius 2 is 1.68 bits per heavy atom. The van der Waals surface area contributed by atoms with Crippen LogP contribution in [0.4, 0.5) is 18.0 Å². The fraction of sp³-hybridized carbons (Fsp3) is 0.625. The molecule has 3 amide bonds. The third-order valence-corrected chi connectivity index (χ3v) is 7.81. The van der Waals surface area contributed by atoms with Crippen molar-refractivity contribution in [2.45, 2.75) is 77.7 Å². The summed E-state index contributed by atoms with van der Waals surface area (Å²) in [5.41, 5.74) is -0.985. The van der Waals surface area contributed by atoms with Crippen LogP contribution in [0.15, 0.2) is 24.3 Å². The number of nitrogens with one attached hydrogen (secondary N) is 1. The average Bonchev–Trinajstić information content (AvgIpc) is 2.98. The van der Waals surface area contributed by atoms with Crippen molar-refractivity contribution < 1.29 is 41.8 Å². The lowest BCUT2D eigenvalue weighted by atomic mass is 9.91. The maximum atomic E-state index is 13.0. The maximum Gasteiger partial charge on any atom is 0.416 e. The predicted molar refractivity (Wildman–Crippen MR) is 156 cm³/mol. The molecule has 0 radical (unpaired) electrons. The van der Waals surface area contributed by atoms with E-state index >= 15 is 0 Å². The van der Waals surface area contributed by atoms with E-state index < -0.39 is 35.1 Å². The first-order valence-corrected chi connectivity index (χ1v) is 15.0. The second-order valence-corrected chi connectivity index (χ2v) is 12.4. The molecule has 0 saturated carbocycles. The highest BCUT2D eigenvalue weighted by molar-refractivity contribution is 5.82. The van der Waals surface area contributed by atoms with Crippen molar-refractivity contribution in [2.24, 2.45) is 17.8 Å². The second-order valence-electron chi connectivity index (χ2n) is 12.4. The van der Waals surface area contributed by atoms with E-state index in [4.69, 9.17) is 15.9 Å². The minimum absolute atomic E-state index is 0.00887. The van der Waals surface area contributed by atoms with Crippen LogP contribution in [0.2, 0.25) is 0 Å². The van der Waals surface area contributed by atoms with Gasteiger partial charge in [0, 0.05) is 39.1 Å². The lowest BCUT2D eigenvalue weighted by molar-refractivity contribution is -0.148. The summed E-state index contributed by atoms with van der Waals surface area (Å²) in [4.78, 5) is 54.0. The van der Waals surface area contributed by atoms with Crippen molar-refractivity contribution in [3.63, 3.8) is 0 Å². The van der Waals surface area contributed by atoms with Crippen molar-refractivity contribution in [3.8, 4) is 12.3 Å². The number of hydrogen-bond acceptors (Lipinski definition) is 6. The van der Waals surface area contributed by atoms with Gasteiger partial charge in [0.15, 0.2) is 0 Å². The Hall–Kier alpha value is -3.75. The molecule has 0 aliphatic carbocycles. The Kier molecular flexibility index (Phi) is 12.1. The minimum atomic E-state index is -4.46. The molecule has 2 aliphatic rings. The highest BCUT2D eigenvalue weighted by Crippen LogP contribution is 2.29. The van der Waals surface area contributed by atoms with Crippen molar-refractivity contribution in [2.75, 3.05) is 32.7 Å². The van der Waals surface area contributed by atoms with E-state index in [2.05, 4.69) is 11.2 Å². The summed E-state index contributed by atoms with van der Waals surface area (Å²) in [6.45, 7) is 7.13. The van der Waals surface area contributed by atoms with E-state index in [0.29, 0.717) is 56.8 Å². The van der Waals surface area contributed by atoms with Crippen molar-refractivity contribution in [1.29, 1.82) is 0 Å². The Morgan fingerprint density at radius 1 is 1.02 bits per heavy atom. The highest BCUT2D eigenvalue weighted by atomic mass is 19.4. The van der Waals surface area contributed by atoms with Gasteiger partial charge in [-0.15, -0.1) is 6.42 Å². The maximum absolute atomic E-state index is 13.0. The first-order valence-electron chi connectivity index (χ1n) is 15.0. The number of alkyl halides is 3. The average molecular weight is 622 g/mol. The lowest BCUT2D eigenvalue weighted by Gasteiger charge is -2.34. The van der Waals surface area contributed by atoms with Crippen LogP contribution in [0.5, 0.6) is 0 Å². The summed E-state index contributed by atoms with van der Waals surface area (Å²) >= 11 is 0. The van der Waals surface area contributed by atoms with Gasteiger partial charge in [0.25, 0.3) is 0 Å². The van der Waals surface area contributed by atoms with E-state index in [1.54, 1.807) is 9.80 Å². The molecule has 2 saturated heterocycles. The van der Waals surface area contributed by atoms with Gasteiger partial charge in [0.2, 0.25) is 11.8 Å². The zero-order chi connectivity index (χ0) is 32.5. The number of rotatable bonds is 9. The largest absolute Gasteiger partial charge is 0.460 e. The van der Waals surface area contributed by atoms with E-state index in [9.17, 15) is 32.3 Å². The van der Waals surface area contributed by atoms with Gasteiger partial charge in [-0.3, -0.25) is 14.4 Å². The van der Waals surface area contributed by atoms with E-state index in [1.165, 1.54) is 12.1 Å². The van der Waals surface area contributed by atoms with Crippen LogP contribution >= 0.6 is 0 Å². The van der Waals surface area contributed by atoms with Crippen LogP contribution in [-0.2, 0) is 36.6 Å². The lowest BCUT2D eigenvalue weighted by Crippen LogP contribution is -2.46. The number of nitrogens with zero attached hydrogens (tertiary/aromatic N) is 2. The smallest absolute Gasteiger partial charge is 0.416 e. The number of halogens is 3. The van der Waals surface area contributed by atoms with Gasteiger partial charge in [0.05, 0.1) is 11.5 Å². The van der Waals surface area contributed by atoms with E-state index in [1.807, 2.05) is 20.8 Å². The fourth-order valence-electron chi connectivity index (χ4n) is 5.24.